The van der Waals surface area contributed by atoms with Crippen molar-refractivity contribution >= 4 is 28.7 Å². The quantitative estimate of drug-likeness (QED) is 0.783. The SMILES string of the molecule is CC1CNCCN1c1nc2c(-c3ccco3)cc(Cl)cc2o1. The largest absolute Gasteiger partial charge is 0.464 e. The number of hydrogen-bond donors (Lipinski definition) is 1. The molecule has 1 saturated heterocycles. The van der Waals surface area contributed by atoms with E-state index in [1.165, 1.54) is 0 Å². The second kappa shape index (κ2) is 5.34. The molecule has 0 amide bonds. The second-order valence-corrected chi connectivity index (χ2v) is 5.96. The van der Waals surface area contributed by atoms with Gasteiger partial charge < -0.3 is 19.1 Å². The molecule has 1 N–H and O–H groups in total. The second-order valence-electron chi connectivity index (χ2n) is 5.52. The Balaban J connectivity index is 1.85. The van der Waals surface area contributed by atoms with Gasteiger partial charge in [-0.3, -0.25) is 0 Å². The third-order valence-electron chi connectivity index (χ3n) is 3.98. The van der Waals surface area contributed by atoms with E-state index in [1.807, 2.05) is 18.2 Å². The van der Waals surface area contributed by atoms with Crippen LogP contribution in [0, 0.1) is 0 Å². The molecular weight excluding hydrogens is 302 g/mol. The maximum absolute atomic E-state index is 6.21. The fourth-order valence-electron chi connectivity index (χ4n) is 2.85. The highest BCUT2D eigenvalue weighted by atomic mass is 35.5. The first-order chi connectivity index (χ1) is 10.7. The van der Waals surface area contributed by atoms with Gasteiger partial charge >= 0.3 is 0 Å². The summed E-state index contributed by atoms with van der Waals surface area (Å²) in [7, 11) is 0. The molecule has 1 fully saturated rings. The first kappa shape index (κ1) is 13.7. The molecule has 1 unspecified atom stereocenters. The van der Waals surface area contributed by atoms with E-state index in [4.69, 9.17) is 25.4 Å². The molecule has 5 nitrogen and oxygen atoms in total. The molecule has 0 aliphatic carbocycles. The van der Waals surface area contributed by atoms with Crippen LogP contribution in [-0.4, -0.2) is 30.7 Å². The number of halogens is 1. The summed E-state index contributed by atoms with van der Waals surface area (Å²) in [5.74, 6) is 0.737. The van der Waals surface area contributed by atoms with Gasteiger partial charge in [-0.2, -0.15) is 4.98 Å². The van der Waals surface area contributed by atoms with E-state index in [0.29, 0.717) is 22.7 Å². The molecule has 1 atom stereocenters. The predicted molar refractivity (Wildman–Crippen MR) is 86.4 cm³/mol. The topological polar surface area (TPSA) is 54.4 Å². The maximum Gasteiger partial charge on any atom is 0.298 e. The molecule has 1 aliphatic rings. The maximum atomic E-state index is 6.21. The van der Waals surface area contributed by atoms with Crippen LogP contribution in [0.25, 0.3) is 22.4 Å². The lowest BCUT2D eigenvalue weighted by Gasteiger charge is -2.32. The number of aromatic nitrogens is 1. The van der Waals surface area contributed by atoms with E-state index in [0.717, 1.165) is 36.5 Å². The minimum Gasteiger partial charge on any atom is -0.464 e. The van der Waals surface area contributed by atoms with Gasteiger partial charge in [0.15, 0.2) is 5.58 Å². The van der Waals surface area contributed by atoms with Crippen molar-refractivity contribution in [1.82, 2.24) is 10.3 Å². The molecule has 1 aliphatic heterocycles. The fourth-order valence-corrected chi connectivity index (χ4v) is 3.06. The molecule has 0 spiro atoms. The molecule has 0 bridgehead atoms. The first-order valence-electron chi connectivity index (χ1n) is 7.34. The monoisotopic (exact) mass is 317 g/mol. The Morgan fingerprint density at radius 3 is 3.09 bits per heavy atom. The summed E-state index contributed by atoms with van der Waals surface area (Å²) in [5.41, 5.74) is 2.31. The third kappa shape index (κ3) is 2.26. The minimum absolute atomic E-state index is 0.337. The molecule has 1 aromatic carbocycles. The highest BCUT2D eigenvalue weighted by molar-refractivity contribution is 6.31. The van der Waals surface area contributed by atoms with Gasteiger partial charge in [0.1, 0.15) is 11.3 Å². The Bertz CT molecular complexity index is 797. The zero-order valence-electron chi connectivity index (χ0n) is 12.2. The molecular formula is C16H16ClN3O2. The summed E-state index contributed by atoms with van der Waals surface area (Å²) in [6.45, 7) is 4.87. The number of piperazine rings is 1. The molecule has 22 heavy (non-hydrogen) atoms. The Morgan fingerprint density at radius 1 is 1.41 bits per heavy atom. The molecule has 3 aromatic rings. The Labute approximate surface area is 132 Å². The summed E-state index contributed by atoms with van der Waals surface area (Å²) in [6, 6.07) is 8.38. The summed E-state index contributed by atoms with van der Waals surface area (Å²) >= 11 is 6.21. The van der Waals surface area contributed by atoms with Crippen LogP contribution in [0.2, 0.25) is 5.02 Å². The van der Waals surface area contributed by atoms with E-state index in [9.17, 15) is 0 Å². The fraction of sp³-hybridized carbons (Fsp3) is 0.312. The lowest BCUT2D eigenvalue weighted by molar-refractivity contribution is 0.456. The van der Waals surface area contributed by atoms with Crippen LogP contribution in [0.4, 0.5) is 6.01 Å². The Hall–Kier alpha value is -1.98. The smallest absolute Gasteiger partial charge is 0.298 e. The van der Waals surface area contributed by atoms with Crippen molar-refractivity contribution < 1.29 is 8.83 Å². The molecule has 3 heterocycles. The number of benzene rings is 1. The number of oxazole rings is 1. The highest BCUT2D eigenvalue weighted by Crippen LogP contribution is 2.34. The molecule has 2 aromatic heterocycles. The van der Waals surface area contributed by atoms with Crippen molar-refractivity contribution in [3.05, 3.63) is 35.6 Å². The molecule has 114 valence electrons. The van der Waals surface area contributed by atoms with Gasteiger partial charge in [-0.25, -0.2) is 0 Å². The van der Waals surface area contributed by atoms with Crippen LogP contribution < -0.4 is 10.2 Å². The average molecular weight is 318 g/mol. The van der Waals surface area contributed by atoms with Gasteiger partial charge in [-0.15, -0.1) is 0 Å². The number of nitrogens with zero attached hydrogens (tertiary/aromatic N) is 2. The lowest BCUT2D eigenvalue weighted by atomic mass is 10.1. The standard InChI is InChI=1S/C16H16ClN3O2/c1-10-9-18-4-5-20(10)16-19-15-12(13-3-2-6-21-13)7-11(17)8-14(15)22-16/h2-3,6-8,10,18H,4-5,9H2,1H3. The van der Waals surface area contributed by atoms with E-state index in [1.54, 1.807) is 12.3 Å². The highest BCUT2D eigenvalue weighted by Gasteiger charge is 2.24. The van der Waals surface area contributed by atoms with Crippen LogP contribution in [-0.2, 0) is 0 Å². The van der Waals surface area contributed by atoms with E-state index in [-0.39, 0.29) is 0 Å². The lowest BCUT2D eigenvalue weighted by Crippen LogP contribution is -2.50. The number of anilines is 1. The van der Waals surface area contributed by atoms with Crippen molar-refractivity contribution in [3.63, 3.8) is 0 Å². The van der Waals surface area contributed by atoms with Crippen molar-refractivity contribution in [2.24, 2.45) is 0 Å². The first-order valence-corrected chi connectivity index (χ1v) is 7.71. The third-order valence-corrected chi connectivity index (χ3v) is 4.20. The molecule has 0 saturated carbocycles. The number of nitrogens with one attached hydrogen (secondary N) is 1. The summed E-state index contributed by atoms with van der Waals surface area (Å²) in [4.78, 5) is 6.87. The summed E-state index contributed by atoms with van der Waals surface area (Å²) in [5, 5.41) is 3.97. The Morgan fingerprint density at radius 2 is 2.32 bits per heavy atom. The summed E-state index contributed by atoms with van der Waals surface area (Å²) in [6.07, 6.45) is 1.64. The number of hydrogen-bond acceptors (Lipinski definition) is 5. The molecule has 6 heteroatoms. The molecule has 0 radical (unpaired) electrons. The predicted octanol–water partition coefficient (Wildman–Crippen LogP) is 3.54. The van der Waals surface area contributed by atoms with Gasteiger partial charge in [0, 0.05) is 42.3 Å². The minimum atomic E-state index is 0.337. The summed E-state index contributed by atoms with van der Waals surface area (Å²) < 4.78 is 11.5. The Kier molecular flexibility index (Phi) is 3.32. The van der Waals surface area contributed by atoms with Gasteiger partial charge in [0.05, 0.1) is 6.26 Å². The number of furan rings is 1. The molecule has 4 rings (SSSR count). The average Bonchev–Trinajstić information content (AvgIpc) is 3.15. The van der Waals surface area contributed by atoms with Crippen LogP contribution in [0.15, 0.2) is 39.4 Å². The van der Waals surface area contributed by atoms with Gasteiger partial charge in [0.2, 0.25) is 0 Å². The van der Waals surface area contributed by atoms with Crippen molar-refractivity contribution in [3.8, 4) is 11.3 Å². The van der Waals surface area contributed by atoms with Crippen LogP contribution >= 0.6 is 11.6 Å². The van der Waals surface area contributed by atoms with Crippen LogP contribution in [0.1, 0.15) is 6.92 Å². The number of rotatable bonds is 2. The number of fused-ring (bicyclic) bond motifs is 1. The van der Waals surface area contributed by atoms with Crippen molar-refractivity contribution in [1.29, 1.82) is 0 Å². The van der Waals surface area contributed by atoms with Gasteiger partial charge in [-0.1, -0.05) is 11.6 Å². The van der Waals surface area contributed by atoms with E-state index >= 15 is 0 Å². The van der Waals surface area contributed by atoms with Crippen molar-refractivity contribution in [2.75, 3.05) is 24.5 Å². The van der Waals surface area contributed by atoms with Gasteiger partial charge in [-0.05, 0) is 25.1 Å². The van der Waals surface area contributed by atoms with E-state index < -0.39 is 0 Å². The zero-order valence-corrected chi connectivity index (χ0v) is 12.9. The van der Waals surface area contributed by atoms with Crippen LogP contribution in [0.5, 0.6) is 0 Å². The normalized spacial score (nSPS) is 19.0. The van der Waals surface area contributed by atoms with Crippen molar-refractivity contribution in [2.45, 2.75) is 13.0 Å². The zero-order chi connectivity index (χ0) is 15.1. The van der Waals surface area contributed by atoms with E-state index in [2.05, 4.69) is 17.1 Å². The van der Waals surface area contributed by atoms with Crippen LogP contribution in [0.3, 0.4) is 0 Å². The van der Waals surface area contributed by atoms with Gasteiger partial charge in [0.25, 0.3) is 6.01 Å².